The fraction of sp³-hybridized carbons (Fsp3) is 0.500. The lowest BCUT2D eigenvalue weighted by atomic mass is 9.93. The highest BCUT2D eigenvalue weighted by Gasteiger charge is 2.25. The molecule has 1 aromatic rings. The van der Waals surface area contributed by atoms with Crippen molar-refractivity contribution in [2.24, 2.45) is 5.73 Å². The first-order valence-electron chi connectivity index (χ1n) is 5.21. The van der Waals surface area contributed by atoms with Crippen molar-refractivity contribution in [3.63, 3.8) is 0 Å². The molecule has 2 nitrogen and oxygen atoms in total. The number of hydrogen-bond acceptors (Lipinski definition) is 2. The third kappa shape index (κ3) is 1.30. The topological polar surface area (TPSA) is 46.2 Å². The summed E-state index contributed by atoms with van der Waals surface area (Å²) < 4.78 is 0. The van der Waals surface area contributed by atoms with E-state index >= 15 is 0 Å². The zero-order valence-electron chi connectivity index (χ0n) is 8.75. The van der Waals surface area contributed by atoms with Gasteiger partial charge in [0, 0.05) is 6.04 Å². The van der Waals surface area contributed by atoms with Gasteiger partial charge in [-0.3, -0.25) is 0 Å². The Balaban J connectivity index is 2.60. The molecule has 1 aliphatic carbocycles. The smallest absolute Gasteiger partial charge is 0.119 e. The third-order valence-corrected chi connectivity index (χ3v) is 3.06. The van der Waals surface area contributed by atoms with Crippen molar-refractivity contribution in [3.05, 3.63) is 28.8 Å². The SMILES string of the molecule is CC(C)c1ccc(O)c2c1[C@@H](N)CC2. The minimum Gasteiger partial charge on any atom is -0.508 e. The van der Waals surface area contributed by atoms with Crippen LogP contribution in [0.4, 0.5) is 0 Å². The molecule has 0 fully saturated rings. The van der Waals surface area contributed by atoms with Crippen LogP contribution in [0, 0.1) is 0 Å². The number of phenolic OH excluding ortho intramolecular Hbond substituents is 1. The van der Waals surface area contributed by atoms with E-state index in [0.29, 0.717) is 11.7 Å². The Hall–Kier alpha value is -1.02. The molecule has 0 unspecified atom stereocenters. The molecule has 3 N–H and O–H groups in total. The van der Waals surface area contributed by atoms with Crippen LogP contribution in [0.3, 0.4) is 0 Å². The van der Waals surface area contributed by atoms with Crippen LogP contribution in [0.15, 0.2) is 12.1 Å². The van der Waals surface area contributed by atoms with Gasteiger partial charge in [-0.2, -0.15) is 0 Å². The van der Waals surface area contributed by atoms with Gasteiger partial charge in [0.1, 0.15) is 5.75 Å². The van der Waals surface area contributed by atoms with Crippen molar-refractivity contribution >= 4 is 0 Å². The zero-order chi connectivity index (χ0) is 10.3. The van der Waals surface area contributed by atoms with Crippen LogP contribution >= 0.6 is 0 Å². The van der Waals surface area contributed by atoms with Gasteiger partial charge in [0.15, 0.2) is 0 Å². The molecule has 2 heteroatoms. The summed E-state index contributed by atoms with van der Waals surface area (Å²) in [6, 6.07) is 3.92. The largest absolute Gasteiger partial charge is 0.508 e. The highest BCUT2D eigenvalue weighted by atomic mass is 16.3. The second-order valence-electron chi connectivity index (χ2n) is 4.37. The van der Waals surface area contributed by atoms with Gasteiger partial charge in [-0.15, -0.1) is 0 Å². The molecule has 1 aromatic carbocycles. The van der Waals surface area contributed by atoms with Gasteiger partial charge >= 0.3 is 0 Å². The summed E-state index contributed by atoms with van der Waals surface area (Å²) in [5.41, 5.74) is 9.60. The Bertz CT molecular complexity index is 358. The van der Waals surface area contributed by atoms with E-state index in [1.54, 1.807) is 6.07 Å². The van der Waals surface area contributed by atoms with Gasteiger partial charge in [-0.25, -0.2) is 0 Å². The number of rotatable bonds is 1. The normalized spacial score (nSPS) is 20.1. The van der Waals surface area contributed by atoms with E-state index in [2.05, 4.69) is 13.8 Å². The highest BCUT2D eigenvalue weighted by Crippen LogP contribution is 2.39. The lowest BCUT2D eigenvalue weighted by molar-refractivity contribution is 0.468. The van der Waals surface area contributed by atoms with Crippen LogP contribution in [0.2, 0.25) is 0 Å². The predicted molar refractivity (Wildman–Crippen MR) is 57.4 cm³/mol. The first kappa shape index (κ1) is 9.53. The molecule has 0 saturated carbocycles. The molecule has 76 valence electrons. The lowest BCUT2D eigenvalue weighted by Gasteiger charge is -2.15. The monoisotopic (exact) mass is 191 g/mol. The third-order valence-electron chi connectivity index (χ3n) is 3.06. The maximum absolute atomic E-state index is 9.70. The molecule has 0 bridgehead atoms. The summed E-state index contributed by atoms with van der Waals surface area (Å²) in [6.45, 7) is 4.33. The van der Waals surface area contributed by atoms with Gasteiger partial charge in [0.05, 0.1) is 0 Å². The summed E-state index contributed by atoms with van der Waals surface area (Å²) in [5.74, 6) is 0.894. The van der Waals surface area contributed by atoms with Crippen molar-refractivity contribution in [2.75, 3.05) is 0 Å². The summed E-state index contributed by atoms with van der Waals surface area (Å²) in [6.07, 6.45) is 1.88. The Morgan fingerprint density at radius 2 is 2.14 bits per heavy atom. The van der Waals surface area contributed by atoms with E-state index in [0.717, 1.165) is 18.4 Å². The van der Waals surface area contributed by atoms with Crippen molar-refractivity contribution in [3.8, 4) is 5.75 Å². The number of fused-ring (bicyclic) bond motifs is 1. The van der Waals surface area contributed by atoms with Crippen LogP contribution in [0.25, 0.3) is 0 Å². The van der Waals surface area contributed by atoms with Crippen molar-refractivity contribution in [2.45, 2.75) is 38.6 Å². The number of hydrogen-bond donors (Lipinski definition) is 2. The highest BCUT2D eigenvalue weighted by molar-refractivity contribution is 5.49. The van der Waals surface area contributed by atoms with Crippen LogP contribution in [0.5, 0.6) is 5.75 Å². The van der Waals surface area contributed by atoms with Gasteiger partial charge in [0.25, 0.3) is 0 Å². The predicted octanol–water partition coefficient (Wildman–Crippen LogP) is 2.46. The summed E-state index contributed by atoms with van der Waals surface area (Å²) >= 11 is 0. The van der Waals surface area contributed by atoms with Gasteiger partial charge < -0.3 is 10.8 Å². The van der Waals surface area contributed by atoms with E-state index in [1.165, 1.54) is 11.1 Å². The Morgan fingerprint density at radius 3 is 2.79 bits per heavy atom. The average Bonchev–Trinajstić information content (AvgIpc) is 2.50. The number of benzene rings is 1. The molecule has 0 radical (unpaired) electrons. The summed E-state index contributed by atoms with van der Waals surface area (Å²) in [5, 5.41) is 9.70. The number of nitrogens with two attached hydrogens (primary N) is 1. The number of phenols is 1. The van der Waals surface area contributed by atoms with Crippen LogP contribution in [0.1, 0.15) is 48.9 Å². The zero-order valence-corrected chi connectivity index (χ0v) is 8.75. The Morgan fingerprint density at radius 1 is 1.43 bits per heavy atom. The minimum absolute atomic E-state index is 0.120. The molecule has 14 heavy (non-hydrogen) atoms. The maximum atomic E-state index is 9.70. The van der Waals surface area contributed by atoms with E-state index in [1.807, 2.05) is 6.07 Å². The van der Waals surface area contributed by atoms with Gasteiger partial charge in [0.2, 0.25) is 0 Å². The molecule has 1 aliphatic rings. The first-order valence-corrected chi connectivity index (χ1v) is 5.21. The van der Waals surface area contributed by atoms with E-state index in [-0.39, 0.29) is 6.04 Å². The first-order chi connectivity index (χ1) is 6.61. The van der Waals surface area contributed by atoms with E-state index in [9.17, 15) is 5.11 Å². The van der Waals surface area contributed by atoms with Crippen molar-refractivity contribution < 1.29 is 5.11 Å². The average molecular weight is 191 g/mol. The van der Waals surface area contributed by atoms with Crippen molar-refractivity contribution in [1.82, 2.24) is 0 Å². The lowest BCUT2D eigenvalue weighted by Crippen LogP contribution is -2.09. The Kier molecular flexibility index (Phi) is 2.23. The van der Waals surface area contributed by atoms with Gasteiger partial charge in [-0.05, 0) is 41.5 Å². The molecule has 0 spiro atoms. The van der Waals surface area contributed by atoms with E-state index < -0.39 is 0 Å². The fourth-order valence-corrected chi connectivity index (χ4v) is 2.32. The molecule has 0 heterocycles. The molecule has 0 amide bonds. The fourth-order valence-electron chi connectivity index (χ4n) is 2.32. The quantitative estimate of drug-likeness (QED) is 0.716. The van der Waals surface area contributed by atoms with Gasteiger partial charge in [-0.1, -0.05) is 19.9 Å². The molecule has 0 saturated heterocycles. The summed E-state index contributed by atoms with van der Waals surface area (Å²) in [4.78, 5) is 0. The molecule has 0 aromatic heterocycles. The molecular formula is C12H17NO. The van der Waals surface area contributed by atoms with Crippen LogP contribution in [-0.4, -0.2) is 5.11 Å². The minimum atomic E-state index is 0.120. The standard InChI is InChI=1S/C12H17NO/c1-7(2)8-4-6-11(14)9-3-5-10(13)12(8)9/h4,6-7,10,14H,3,5,13H2,1-2H3/t10-/m0/s1. The van der Waals surface area contributed by atoms with Crippen LogP contribution in [-0.2, 0) is 6.42 Å². The molecule has 0 aliphatic heterocycles. The second-order valence-corrected chi connectivity index (χ2v) is 4.37. The molecular weight excluding hydrogens is 174 g/mol. The molecule has 2 rings (SSSR count). The van der Waals surface area contributed by atoms with E-state index in [4.69, 9.17) is 5.73 Å². The maximum Gasteiger partial charge on any atom is 0.119 e. The number of aromatic hydroxyl groups is 1. The summed E-state index contributed by atoms with van der Waals surface area (Å²) in [7, 11) is 0. The second kappa shape index (κ2) is 3.28. The van der Waals surface area contributed by atoms with Crippen LogP contribution < -0.4 is 5.73 Å². The van der Waals surface area contributed by atoms with Crippen molar-refractivity contribution in [1.29, 1.82) is 0 Å². The molecule has 1 atom stereocenters. The Labute approximate surface area is 84.7 Å².